The Labute approximate surface area is 114 Å². The largest absolute Gasteiger partial charge is 0.378 e. The van der Waals surface area contributed by atoms with Crippen LogP contribution >= 0.6 is 0 Å². The van der Waals surface area contributed by atoms with Crippen molar-refractivity contribution < 1.29 is 9.90 Å². The molecular weight excluding hydrogens is 238 g/mol. The van der Waals surface area contributed by atoms with E-state index in [4.69, 9.17) is 0 Å². The Morgan fingerprint density at radius 3 is 2.74 bits per heavy atom. The number of rotatable bonds is 5. The van der Waals surface area contributed by atoms with Gasteiger partial charge in [0.15, 0.2) is 6.10 Å². The van der Waals surface area contributed by atoms with Crippen LogP contribution < -0.4 is 5.32 Å². The molecule has 19 heavy (non-hydrogen) atoms. The highest BCUT2D eigenvalue weighted by molar-refractivity contribution is 5.81. The molecule has 0 radical (unpaired) electrons. The van der Waals surface area contributed by atoms with E-state index in [1.54, 1.807) is 12.1 Å². The van der Waals surface area contributed by atoms with E-state index in [0.29, 0.717) is 12.1 Å². The van der Waals surface area contributed by atoms with Gasteiger partial charge in [-0.05, 0) is 37.7 Å². The van der Waals surface area contributed by atoms with Gasteiger partial charge in [-0.3, -0.25) is 4.79 Å². The van der Waals surface area contributed by atoms with E-state index in [1.807, 2.05) is 18.2 Å². The van der Waals surface area contributed by atoms with Gasteiger partial charge in [-0.1, -0.05) is 42.0 Å². The van der Waals surface area contributed by atoms with Crippen LogP contribution in [0.2, 0.25) is 0 Å². The molecule has 0 saturated heterocycles. The SMILES string of the molecule is O=C(NCCC1=CCCCC1)C(O)c1ccccc1. The number of nitrogens with one attached hydrogen (secondary N) is 1. The molecule has 0 aromatic heterocycles. The molecule has 0 saturated carbocycles. The fraction of sp³-hybridized carbons (Fsp3) is 0.438. The fourth-order valence-corrected chi connectivity index (χ4v) is 2.36. The molecule has 1 atom stereocenters. The summed E-state index contributed by atoms with van der Waals surface area (Å²) < 4.78 is 0. The highest BCUT2D eigenvalue weighted by Gasteiger charge is 2.16. The molecule has 1 aliphatic rings. The lowest BCUT2D eigenvalue weighted by Crippen LogP contribution is -2.30. The molecule has 102 valence electrons. The van der Waals surface area contributed by atoms with Crippen LogP contribution in [0.25, 0.3) is 0 Å². The smallest absolute Gasteiger partial charge is 0.253 e. The van der Waals surface area contributed by atoms with Gasteiger partial charge in [0.2, 0.25) is 0 Å². The zero-order chi connectivity index (χ0) is 13.5. The van der Waals surface area contributed by atoms with Crippen LogP contribution in [0.4, 0.5) is 0 Å². The average Bonchev–Trinajstić information content (AvgIpc) is 2.48. The van der Waals surface area contributed by atoms with E-state index >= 15 is 0 Å². The van der Waals surface area contributed by atoms with E-state index < -0.39 is 6.10 Å². The highest BCUT2D eigenvalue weighted by Crippen LogP contribution is 2.19. The second-order valence-electron chi connectivity index (χ2n) is 4.96. The number of hydrogen-bond donors (Lipinski definition) is 2. The van der Waals surface area contributed by atoms with Gasteiger partial charge < -0.3 is 10.4 Å². The van der Waals surface area contributed by atoms with Gasteiger partial charge in [0.1, 0.15) is 0 Å². The van der Waals surface area contributed by atoms with Crippen LogP contribution in [-0.2, 0) is 4.79 Å². The number of hydrogen-bond acceptors (Lipinski definition) is 2. The number of carbonyl (C=O) groups is 1. The Bertz CT molecular complexity index is 439. The first-order chi connectivity index (χ1) is 9.27. The second kappa shape index (κ2) is 7.10. The van der Waals surface area contributed by atoms with Gasteiger partial charge >= 0.3 is 0 Å². The molecule has 1 amide bonds. The minimum atomic E-state index is -1.07. The number of aliphatic hydroxyl groups is 1. The van der Waals surface area contributed by atoms with E-state index in [1.165, 1.54) is 18.4 Å². The summed E-state index contributed by atoms with van der Waals surface area (Å²) in [6.07, 6.45) is 6.96. The van der Waals surface area contributed by atoms with Crippen LogP contribution in [0.3, 0.4) is 0 Å². The molecule has 2 N–H and O–H groups in total. The van der Waals surface area contributed by atoms with Gasteiger partial charge in [-0.15, -0.1) is 0 Å². The summed E-state index contributed by atoms with van der Waals surface area (Å²) in [5, 5.41) is 12.7. The van der Waals surface area contributed by atoms with Crippen LogP contribution in [0.1, 0.15) is 43.8 Å². The molecule has 0 aliphatic heterocycles. The fourth-order valence-electron chi connectivity index (χ4n) is 2.36. The van der Waals surface area contributed by atoms with Crippen LogP contribution in [0.15, 0.2) is 42.0 Å². The molecular formula is C16H21NO2. The van der Waals surface area contributed by atoms with Crippen molar-refractivity contribution in [2.75, 3.05) is 6.54 Å². The minimum absolute atomic E-state index is 0.317. The molecule has 1 aromatic rings. The van der Waals surface area contributed by atoms with Crippen molar-refractivity contribution in [1.29, 1.82) is 0 Å². The van der Waals surface area contributed by atoms with E-state index in [9.17, 15) is 9.90 Å². The maximum Gasteiger partial charge on any atom is 0.253 e. The lowest BCUT2D eigenvalue weighted by molar-refractivity contribution is -0.129. The molecule has 0 bridgehead atoms. The van der Waals surface area contributed by atoms with E-state index in [0.717, 1.165) is 19.3 Å². The first kappa shape index (κ1) is 13.8. The minimum Gasteiger partial charge on any atom is -0.378 e. The van der Waals surface area contributed by atoms with Gasteiger partial charge in [-0.25, -0.2) is 0 Å². The molecule has 0 heterocycles. The number of amides is 1. The topological polar surface area (TPSA) is 49.3 Å². The standard InChI is InChI=1S/C16H21NO2/c18-15(14-9-5-2-6-10-14)16(19)17-12-11-13-7-3-1-4-8-13/h2,5-7,9-10,15,18H,1,3-4,8,11-12H2,(H,17,19). The predicted molar refractivity (Wildman–Crippen MR) is 75.6 cm³/mol. The lowest BCUT2D eigenvalue weighted by Gasteiger charge is -2.14. The maximum atomic E-state index is 11.8. The molecule has 1 aromatic carbocycles. The average molecular weight is 259 g/mol. The Morgan fingerprint density at radius 1 is 1.26 bits per heavy atom. The van der Waals surface area contributed by atoms with E-state index in [2.05, 4.69) is 11.4 Å². The summed E-state index contributed by atoms with van der Waals surface area (Å²) in [7, 11) is 0. The van der Waals surface area contributed by atoms with Crippen LogP contribution in [0.5, 0.6) is 0 Å². The summed E-state index contributed by atoms with van der Waals surface area (Å²) in [6, 6.07) is 9.02. The third kappa shape index (κ3) is 4.21. The van der Waals surface area contributed by atoms with Crippen molar-refractivity contribution in [3.8, 4) is 0 Å². The number of benzene rings is 1. The van der Waals surface area contributed by atoms with Gasteiger partial charge in [0.25, 0.3) is 5.91 Å². The molecule has 1 unspecified atom stereocenters. The van der Waals surface area contributed by atoms with Crippen molar-refractivity contribution in [1.82, 2.24) is 5.32 Å². The third-order valence-corrected chi connectivity index (χ3v) is 3.49. The van der Waals surface area contributed by atoms with Gasteiger partial charge in [0.05, 0.1) is 0 Å². The summed E-state index contributed by atoms with van der Waals surface area (Å²) in [5.41, 5.74) is 2.07. The van der Waals surface area contributed by atoms with Crippen molar-refractivity contribution >= 4 is 5.91 Å². The van der Waals surface area contributed by atoms with Crippen LogP contribution in [-0.4, -0.2) is 17.6 Å². The first-order valence-electron chi connectivity index (χ1n) is 6.96. The van der Waals surface area contributed by atoms with E-state index in [-0.39, 0.29) is 5.91 Å². The maximum absolute atomic E-state index is 11.8. The Morgan fingerprint density at radius 2 is 2.05 bits per heavy atom. The summed E-state index contributed by atoms with van der Waals surface area (Å²) in [6.45, 7) is 0.606. The van der Waals surface area contributed by atoms with Crippen molar-refractivity contribution in [3.63, 3.8) is 0 Å². The molecule has 2 rings (SSSR count). The lowest BCUT2D eigenvalue weighted by atomic mass is 9.97. The molecule has 1 aliphatic carbocycles. The monoisotopic (exact) mass is 259 g/mol. The number of carbonyl (C=O) groups excluding carboxylic acids is 1. The first-order valence-corrected chi connectivity index (χ1v) is 6.96. The third-order valence-electron chi connectivity index (χ3n) is 3.49. The summed E-state index contributed by atoms with van der Waals surface area (Å²) >= 11 is 0. The van der Waals surface area contributed by atoms with Gasteiger partial charge in [0, 0.05) is 6.54 Å². The second-order valence-corrected chi connectivity index (χ2v) is 4.96. The Balaban J connectivity index is 1.76. The van der Waals surface area contributed by atoms with Crippen molar-refractivity contribution in [2.24, 2.45) is 0 Å². The van der Waals surface area contributed by atoms with Crippen molar-refractivity contribution in [3.05, 3.63) is 47.5 Å². The normalized spacial score (nSPS) is 16.6. The van der Waals surface area contributed by atoms with Crippen molar-refractivity contribution in [2.45, 2.75) is 38.2 Å². The zero-order valence-corrected chi connectivity index (χ0v) is 11.1. The molecule has 3 heteroatoms. The van der Waals surface area contributed by atoms with Gasteiger partial charge in [-0.2, -0.15) is 0 Å². The zero-order valence-electron chi connectivity index (χ0n) is 11.1. The number of allylic oxidation sites excluding steroid dienone is 1. The highest BCUT2D eigenvalue weighted by atomic mass is 16.3. The summed E-state index contributed by atoms with van der Waals surface area (Å²) in [4.78, 5) is 11.8. The Hall–Kier alpha value is -1.61. The molecule has 3 nitrogen and oxygen atoms in total. The summed E-state index contributed by atoms with van der Waals surface area (Å²) in [5.74, 6) is -0.317. The van der Waals surface area contributed by atoms with Crippen LogP contribution in [0, 0.1) is 0 Å². The molecule has 0 spiro atoms. The molecule has 0 fully saturated rings. The number of aliphatic hydroxyl groups excluding tert-OH is 1. The Kier molecular flexibility index (Phi) is 5.16. The predicted octanol–water partition coefficient (Wildman–Crippen LogP) is 2.73. The quantitative estimate of drug-likeness (QED) is 0.799.